The fourth-order valence-corrected chi connectivity index (χ4v) is 2.73. The highest BCUT2D eigenvalue weighted by atomic mass is 32.2. The van der Waals surface area contributed by atoms with E-state index in [9.17, 15) is 13.2 Å². The third kappa shape index (κ3) is 2.87. The predicted octanol–water partition coefficient (Wildman–Crippen LogP) is 0.252. The van der Waals surface area contributed by atoms with Gasteiger partial charge in [0.25, 0.3) is 5.91 Å². The SMILES string of the molecule is Cc1ccc(OC2CCN(C)C2=O)c(S(N)(=O)=O)c1. The van der Waals surface area contributed by atoms with Crippen LogP contribution >= 0.6 is 0 Å². The molecule has 19 heavy (non-hydrogen) atoms. The number of primary sulfonamides is 1. The van der Waals surface area contributed by atoms with E-state index in [1.54, 1.807) is 24.9 Å². The number of carbonyl (C=O) groups excluding carboxylic acids is 1. The van der Waals surface area contributed by atoms with Crippen LogP contribution in [0.25, 0.3) is 0 Å². The fourth-order valence-electron chi connectivity index (χ4n) is 1.99. The summed E-state index contributed by atoms with van der Waals surface area (Å²) in [6, 6.07) is 4.68. The van der Waals surface area contributed by atoms with E-state index < -0.39 is 16.1 Å². The van der Waals surface area contributed by atoms with Gasteiger partial charge in [-0.15, -0.1) is 0 Å². The summed E-state index contributed by atoms with van der Waals surface area (Å²) in [6.45, 7) is 2.35. The van der Waals surface area contributed by atoms with Gasteiger partial charge in [0.1, 0.15) is 10.6 Å². The van der Waals surface area contributed by atoms with Gasteiger partial charge in [-0.05, 0) is 24.6 Å². The van der Waals surface area contributed by atoms with Crippen molar-refractivity contribution in [2.45, 2.75) is 24.3 Å². The van der Waals surface area contributed by atoms with E-state index in [1.807, 2.05) is 0 Å². The highest BCUT2D eigenvalue weighted by Crippen LogP contribution is 2.27. The summed E-state index contributed by atoms with van der Waals surface area (Å²) in [5, 5.41) is 5.16. The quantitative estimate of drug-likeness (QED) is 0.861. The van der Waals surface area contributed by atoms with E-state index in [0.717, 1.165) is 5.56 Å². The minimum absolute atomic E-state index is 0.0881. The number of hydrogen-bond acceptors (Lipinski definition) is 4. The molecule has 1 aliphatic heterocycles. The Hall–Kier alpha value is -1.60. The van der Waals surface area contributed by atoms with Gasteiger partial charge in [0.2, 0.25) is 10.0 Å². The normalized spacial score (nSPS) is 19.8. The molecule has 1 atom stereocenters. The first kappa shape index (κ1) is 13.8. The topological polar surface area (TPSA) is 89.7 Å². The van der Waals surface area contributed by atoms with Crippen molar-refractivity contribution in [1.82, 2.24) is 4.90 Å². The van der Waals surface area contributed by atoms with Gasteiger partial charge in [-0.1, -0.05) is 6.07 Å². The zero-order valence-corrected chi connectivity index (χ0v) is 11.6. The van der Waals surface area contributed by atoms with E-state index in [0.29, 0.717) is 13.0 Å². The molecule has 1 heterocycles. The summed E-state index contributed by atoms with van der Waals surface area (Å²) in [7, 11) is -2.20. The monoisotopic (exact) mass is 284 g/mol. The number of nitrogens with zero attached hydrogens (tertiary/aromatic N) is 1. The molecule has 0 radical (unpaired) electrons. The molecule has 104 valence electrons. The maximum absolute atomic E-state index is 11.8. The van der Waals surface area contributed by atoms with Crippen molar-refractivity contribution < 1.29 is 17.9 Å². The van der Waals surface area contributed by atoms with Crippen LogP contribution in [0.15, 0.2) is 23.1 Å². The largest absolute Gasteiger partial charge is 0.479 e. The lowest BCUT2D eigenvalue weighted by Crippen LogP contribution is -2.30. The summed E-state index contributed by atoms with van der Waals surface area (Å²) < 4.78 is 28.6. The summed E-state index contributed by atoms with van der Waals surface area (Å²) in [5.41, 5.74) is 0.756. The van der Waals surface area contributed by atoms with Crippen LogP contribution in [0.5, 0.6) is 5.75 Å². The number of likely N-dealkylation sites (tertiary alicyclic amines) is 1. The Kier molecular flexibility index (Phi) is 3.51. The van der Waals surface area contributed by atoms with Crippen molar-refractivity contribution in [2.24, 2.45) is 5.14 Å². The number of rotatable bonds is 3. The first-order chi connectivity index (χ1) is 8.79. The molecule has 1 aliphatic rings. The standard InChI is InChI=1S/C12H16N2O4S/c1-8-3-4-9(11(7-8)19(13,16)17)18-10-5-6-14(2)12(10)15/h3-4,7,10H,5-6H2,1-2H3,(H2,13,16,17). The highest BCUT2D eigenvalue weighted by molar-refractivity contribution is 7.89. The van der Waals surface area contributed by atoms with Gasteiger partial charge in [-0.25, -0.2) is 13.6 Å². The zero-order valence-electron chi connectivity index (χ0n) is 10.8. The van der Waals surface area contributed by atoms with Gasteiger partial charge in [0.15, 0.2) is 6.10 Å². The number of carbonyl (C=O) groups is 1. The number of benzene rings is 1. The van der Waals surface area contributed by atoms with Crippen molar-refractivity contribution in [3.05, 3.63) is 23.8 Å². The number of aryl methyl sites for hydroxylation is 1. The Morgan fingerprint density at radius 1 is 1.42 bits per heavy atom. The van der Waals surface area contributed by atoms with Crippen LogP contribution in [0.2, 0.25) is 0 Å². The number of amides is 1. The molecular weight excluding hydrogens is 268 g/mol. The van der Waals surface area contributed by atoms with Gasteiger partial charge in [-0.3, -0.25) is 4.79 Å². The smallest absolute Gasteiger partial charge is 0.263 e. The predicted molar refractivity (Wildman–Crippen MR) is 69.2 cm³/mol. The second kappa shape index (κ2) is 4.82. The maximum atomic E-state index is 11.8. The number of sulfonamides is 1. The second-order valence-electron chi connectivity index (χ2n) is 4.65. The number of nitrogens with two attached hydrogens (primary N) is 1. The lowest BCUT2D eigenvalue weighted by atomic mass is 10.2. The summed E-state index contributed by atoms with van der Waals surface area (Å²) >= 11 is 0. The minimum atomic E-state index is -3.88. The van der Waals surface area contributed by atoms with E-state index in [1.165, 1.54) is 12.1 Å². The Labute approximate surface area is 112 Å². The van der Waals surface area contributed by atoms with E-state index in [-0.39, 0.29) is 16.6 Å². The molecule has 0 aromatic heterocycles. The molecule has 1 unspecified atom stereocenters. The number of likely N-dealkylation sites (N-methyl/N-ethyl adjacent to an activating group) is 1. The van der Waals surface area contributed by atoms with Crippen LogP contribution in [0.3, 0.4) is 0 Å². The van der Waals surface area contributed by atoms with Gasteiger partial charge in [-0.2, -0.15) is 0 Å². The molecule has 1 aromatic rings. The fraction of sp³-hybridized carbons (Fsp3) is 0.417. The van der Waals surface area contributed by atoms with Gasteiger partial charge in [0, 0.05) is 20.0 Å². The molecule has 2 N–H and O–H groups in total. The Balaban J connectivity index is 2.33. The summed E-state index contributed by atoms with van der Waals surface area (Å²) in [6.07, 6.45) is -0.110. The summed E-state index contributed by atoms with van der Waals surface area (Å²) in [4.78, 5) is 13.2. The van der Waals surface area contributed by atoms with E-state index in [2.05, 4.69) is 0 Å². The van der Waals surface area contributed by atoms with Gasteiger partial charge >= 0.3 is 0 Å². The molecule has 0 bridgehead atoms. The van der Waals surface area contributed by atoms with Crippen molar-refractivity contribution >= 4 is 15.9 Å². The van der Waals surface area contributed by atoms with Crippen molar-refractivity contribution in [3.63, 3.8) is 0 Å². The maximum Gasteiger partial charge on any atom is 0.263 e. The van der Waals surface area contributed by atoms with Crippen molar-refractivity contribution in [1.29, 1.82) is 0 Å². The Bertz CT molecular complexity index is 612. The van der Waals surface area contributed by atoms with Crippen molar-refractivity contribution in [2.75, 3.05) is 13.6 Å². The first-order valence-corrected chi connectivity index (χ1v) is 7.39. The minimum Gasteiger partial charge on any atom is -0.479 e. The molecule has 0 saturated carbocycles. The number of hydrogen-bond donors (Lipinski definition) is 1. The van der Waals surface area contributed by atoms with Crippen LogP contribution in [0.1, 0.15) is 12.0 Å². The van der Waals surface area contributed by atoms with Crippen LogP contribution in [0, 0.1) is 6.92 Å². The van der Waals surface area contributed by atoms with Crippen LogP contribution in [-0.2, 0) is 14.8 Å². The zero-order chi connectivity index (χ0) is 14.2. The molecular formula is C12H16N2O4S. The van der Waals surface area contributed by atoms with Crippen molar-refractivity contribution in [3.8, 4) is 5.75 Å². The van der Waals surface area contributed by atoms with E-state index in [4.69, 9.17) is 9.88 Å². The van der Waals surface area contributed by atoms with E-state index >= 15 is 0 Å². The molecule has 1 amide bonds. The molecule has 1 aromatic carbocycles. The van der Waals surface area contributed by atoms with Gasteiger partial charge in [0.05, 0.1) is 0 Å². The lowest BCUT2D eigenvalue weighted by Gasteiger charge is -2.15. The third-order valence-electron chi connectivity index (χ3n) is 3.05. The average molecular weight is 284 g/mol. The first-order valence-electron chi connectivity index (χ1n) is 5.84. The molecule has 1 saturated heterocycles. The Morgan fingerprint density at radius 2 is 2.11 bits per heavy atom. The molecule has 2 rings (SSSR count). The highest BCUT2D eigenvalue weighted by Gasteiger charge is 2.32. The summed E-state index contributed by atoms with van der Waals surface area (Å²) in [5.74, 6) is -0.0253. The molecule has 0 aliphatic carbocycles. The van der Waals surface area contributed by atoms with Crippen LogP contribution in [-0.4, -0.2) is 38.9 Å². The van der Waals surface area contributed by atoms with Crippen LogP contribution in [0.4, 0.5) is 0 Å². The Morgan fingerprint density at radius 3 is 2.63 bits per heavy atom. The second-order valence-corrected chi connectivity index (χ2v) is 6.18. The molecule has 1 fully saturated rings. The lowest BCUT2D eigenvalue weighted by molar-refractivity contribution is -0.132. The number of ether oxygens (including phenoxy) is 1. The van der Waals surface area contributed by atoms with Gasteiger partial charge < -0.3 is 9.64 Å². The average Bonchev–Trinajstić information content (AvgIpc) is 2.62. The van der Waals surface area contributed by atoms with Crippen LogP contribution < -0.4 is 9.88 Å². The molecule has 0 spiro atoms. The third-order valence-corrected chi connectivity index (χ3v) is 3.99. The molecule has 7 heteroatoms. The molecule has 6 nitrogen and oxygen atoms in total.